The molecule has 2 aromatic rings. The van der Waals surface area contributed by atoms with Crippen molar-refractivity contribution in [1.82, 2.24) is 4.90 Å². The fraction of sp³-hybridized carbons (Fsp3) is 0.538. The van der Waals surface area contributed by atoms with E-state index in [0.717, 1.165) is 62.1 Å². The standard InChI is InChI=1S/C26H34ClNO2S/c1-3-15-26(16-4-2)30-24-14-8-20(17-25(24)31-26)23-13-12-22(28(23)18-29)11-7-19-5-9-21(27)10-6-19/h5-6,8-10,14,17,22-23,29H,3-4,7,11-13,15-16,18H2,1-2H3. The van der Waals surface area contributed by atoms with Crippen molar-refractivity contribution in [2.24, 2.45) is 0 Å². The summed E-state index contributed by atoms with van der Waals surface area (Å²) in [6, 6.07) is 15.5. The Balaban J connectivity index is 1.45. The van der Waals surface area contributed by atoms with Gasteiger partial charge >= 0.3 is 0 Å². The zero-order valence-corrected chi connectivity index (χ0v) is 20.2. The predicted molar refractivity (Wildman–Crippen MR) is 130 cm³/mol. The van der Waals surface area contributed by atoms with E-state index in [1.165, 1.54) is 16.0 Å². The smallest absolute Gasteiger partial charge is 0.159 e. The lowest BCUT2D eigenvalue weighted by Gasteiger charge is -2.28. The second-order valence-electron chi connectivity index (χ2n) is 8.89. The van der Waals surface area contributed by atoms with Crippen molar-refractivity contribution in [2.45, 2.75) is 87.1 Å². The molecule has 31 heavy (non-hydrogen) atoms. The molecule has 1 N–H and O–H groups in total. The Bertz CT molecular complexity index is 866. The number of likely N-dealkylation sites (tertiary alicyclic amines) is 1. The van der Waals surface area contributed by atoms with Gasteiger partial charge in [0.1, 0.15) is 5.75 Å². The van der Waals surface area contributed by atoms with Crippen LogP contribution in [0.25, 0.3) is 0 Å². The molecule has 168 valence electrons. The van der Waals surface area contributed by atoms with E-state index in [4.69, 9.17) is 16.3 Å². The van der Waals surface area contributed by atoms with E-state index in [0.29, 0.717) is 6.04 Å². The van der Waals surface area contributed by atoms with Gasteiger partial charge in [-0.3, -0.25) is 4.90 Å². The Labute approximate surface area is 196 Å². The fourth-order valence-corrected chi connectivity index (χ4v) is 6.89. The number of aliphatic hydroxyl groups excluding tert-OH is 1. The van der Waals surface area contributed by atoms with Crippen molar-refractivity contribution >= 4 is 23.4 Å². The third kappa shape index (κ3) is 5.08. The minimum atomic E-state index is -0.0993. The molecule has 5 heteroatoms. The summed E-state index contributed by atoms with van der Waals surface area (Å²) in [6.45, 7) is 4.57. The summed E-state index contributed by atoms with van der Waals surface area (Å²) in [5.41, 5.74) is 2.61. The zero-order chi connectivity index (χ0) is 21.8. The molecule has 2 aliphatic heterocycles. The third-order valence-corrected chi connectivity index (χ3v) is 8.35. The molecule has 0 spiro atoms. The van der Waals surface area contributed by atoms with E-state index < -0.39 is 0 Å². The number of halogens is 1. The molecular weight excluding hydrogens is 426 g/mol. The van der Waals surface area contributed by atoms with Gasteiger partial charge in [-0.25, -0.2) is 0 Å². The van der Waals surface area contributed by atoms with Gasteiger partial charge in [-0.05, 0) is 73.9 Å². The molecule has 2 aromatic carbocycles. The Kier molecular flexibility index (Phi) is 7.53. The van der Waals surface area contributed by atoms with Gasteiger partial charge in [-0.2, -0.15) is 0 Å². The van der Waals surface area contributed by atoms with Gasteiger partial charge in [0, 0.05) is 17.1 Å². The zero-order valence-electron chi connectivity index (χ0n) is 18.6. The monoisotopic (exact) mass is 459 g/mol. The summed E-state index contributed by atoms with van der Waals surface area (Å²) in [7, 11) is 0. The van der Waals surface area contributed by atoms with E-state index in [1.54, 1.807) is 0 Å². The van der Waals surface area contributed by atoms with Gasteiger partial charge in [0.05, 0.1) is 11.6 Å². The molecule has 2 aliphatic rings. The van der Waals surface area contributed by atoms with Gasteiger partial charge in [-0.15, -0.1) is 0 Å². The first-order chi connectivity index (χ1) is 15.1. The molecule has 2 unspecified atom stereocenters. The van der Waals surface area contributed by atoms with Crippen LogP contribution < -0.4 is 4.74 Å². The largest absolute Gasteiger partial charge is 0.475 e. The Hall–Kier alpha value is -1.20. The maximum atomic E-state index is 10.2. The number of nitrogens with zero attached hydrogens (tertiary/aromatic N) is 1. The first-order valence-corrected chi connectivity index (χ1v) is 12.9. The van der Waals surface area contributed by atoms with Gasteiger partial charge in [0.2, 0.25) is 0 Å². The molecule has 2 atom stereocenters. The van der Waals surface area contributed by atoms with Gasteiger partial charge < -0.3 is 9.84 Å². The molecule has 3 nitrogen and oxygen atoms in total. The van der Waals surface area contributed by atoms with Crippen LogP contribution in [0.3, 0.4) is 0 Å². The van der Waals surface area contributed by atoms with Crippen LogP contribution in [0.5, 0.6) is 5.75 Å². The Morgan fingerprint density at radius 2 is 1.84 bits per heavy atom. The van der Waals surface area contributed by atoms with Crippen molar-refractivity contribution in [3.8, 4) is 5.75 Å². The van der Waals surface area contributed by atoms with Crippen LogP contribution >= 0.6 is 23.4 Å². The van der Waals surface area contributed by atoms with Crippen LogP contribution in [-0.2, 0) is 6.42 Å². The molecule has 1 saturated heterocycles. The van der Waals surface area contributed by atoms with E-state index in [2.05, 4.69) is 49.1 Å². The van der Waals surface area contributed by atoms with Gasteiger partial charge in [-0.1, -0.05) is 68.3 Å². The molecule has 0 bridgehead atoms. The number of hydrogen-bond donors (Lipinski definition) is 1. The average molecular weight is 460 g/mol. The van der Waals surface area contributed by atoms with Crippen molar-refractivity contribution in [2.75, 3.05) is 6.73 Å². The molecule has 0 aromatic heterocycles. The second-order valence-corrected chi connectivity index (χ2v) is 10.7. The average Bonchev–Trinajstić information content (AvgIpc) is 3.33. The highest BCUT2D eigenvalue weighted by Gasteiger charge is 2.40. The van der Waals surface area contributed by atoms with E-state index in [1.807, 2.05) is 23.9 Å². The lowest BCUT2D eigenvalue weighted by Crippen LogP contribution is -2.32. The summed E-state index contributed by atoms with van der Waals surface area (Å²) in [6.07, 6.45) is 8.69. The summed E-state index contributed by atoms with van der Waals surface area (Å²) in [5.74, 6) is 1.03. The van der Waals surface area contributed by atoms with E-state index >= 15 is 0 Å². The Morgan fingerprint density at radius 3 is 2.52 bits per heavy atom. The lowest BCUT2D eigenvalue weighted by molar-refractivity contribution is 0.0596. The van der Waals surface area contributed by atoms with Crippen LogP contribution in [0.2, 0.25) is 5.02 Å². The summed E-state index contributed by atoms with van der Waals surface area (Å²) < 4.78 is 6.45. The molecule has 0 amide bonds. The van der Waals surface area contributed by atoms with Crippen molar-refractivity contribution < 1.29 is 9.84 Å². The lowest BCUT2D eigenvalue weighted by atomic mass is 10.0. The van der Waals surface area contributed by atoms with Crippen LogP contribution in [0, 0.1) is 0 Å². The van der Waals surface area contributed by atoms with Gasteiger partial charge in [0.25, 0.3) is 0 Å². The summed E-state index contributed by atoms with van der Waals surface area (Å²) in [4.78, 5) is 3.45. The maximum absolute atomic E-state index is 10.2. The third-order valence-electron chi connectivity index (χ3n) is 6.69. The van der Waals surface area contributed by atoms with Crippen LogP contribution in [-0.4, -0.2) is 27.7 Å². The highest BCUT2D eigenvalue weighted by Crippen LogP contribution is 2.53. The fourth-order valence-electron chi connectivity index (χ4n) is 5.21. The molecule has 0 radical (unpaired) electrons. The molecular formula is C26H34ClNO2S. The number of aryl methyl sites for hydroxylation is 1. The van der Waals surface area contributed by atoms with Crippen LogP contribution in [0.4, 0.5) is 0 Å². The quantitative estimate of drug-likeness (QED) is 0.429. The molecule has 2 heterocycles. The first kappa shape index (κ1) is 23.0. The van der Waals surface area contributed by atoms with Crippen molar-refractivity contribution in [1.29, 1.82) is 0 Å². The normalized spacial score (nSPS) is 22.5. The number of benzene rings is 2. The minimum absolute atomic E-state index is 0.0993. The maximum Gasteiger partial charge on any atom is 0.159 e. The van der Waals surface area contributed by atoms with Crippen molar-refractivity contribution in [3.63, 3.8) is 0 Å². The minimum Gasteiger partial charge on any atom is -0.475 e. The highest BCUT2D eigenvalue weighted by molar-refractivity contribution is 8.00. The topological polar surface area (TPSA) is 32.7 Å². The van der Waals surface area contributed by atoms with Crippen molar-refractivity contribution in [3.05, 3.63) is 58.6 Å². The number of rotatable bonds is 9. The Morgan fingerprint density at radius 1 is 1.10 bits per heavy atom. The molecule has 0 aliphatic carbocycles. The second kappa shape index (κ2) is 10.2. The molecule has 1 fully saturated rings. The number of fused-ring (bicyclic) bond motifs is 1. The van der Waals surface area contributed by atoms with E-state index in [-0.39, 0.29) is 17.7 Å². The summed E-state index contributed by atoms with van der Waals surface area (Å²) in [5, 5.41) is 11.0. The SMILES string of the molecule is CCCC1(CCC)Oc2ccc(C3CCC(CCc4ccc(Cl)cc4)N3CO)cc2S1. The number of thioether (sulfide) groups is 1. The number of ether oxygens (including phenoxy) is 1. The predicted octanol–water partition coefficient (Wildman–Crippen LogP) is 7.21. The number of aliphatic hydroxyl groups is 1. The van der Waals surface area contributed by atoms with Crippen LogP contribution in [0.15, 0.2) is 47.4 Å². The molecule has 4 rings (SSSR count). The first-order valence-electron chi connectivity index (χ1n) is 11.7. The molecule has 0 saturated carbocycles. The highest BCUT2D eigenvalue weighted by atomic mass is 35.5. The number of hydrogen-bond acceptors (Lipinski definition) is 4. The summed E-state index contributed by atoms with van der Waals surface area (Å²) >= 11 is 7.92. The van der Waals surface area contributed by atoms with Crippen LogP contribution in [0.1, 0.15) is 76.0 Å². The van der Waals surface area contributed by atoms with Gasteiger partial charge in [0.15, 0.2) is 4.93 Å². The van der Waals surface area contributed by atoms with E-state index in [9.17, 15) is 5.11 Å².